The van der Waals surface area contributed by atoms with Gasteiger partial charge in [0.15, 0.2) is 0 Å². The topological polar surface area (TPSA) is 69.6 Å². The SMILES string of the molecule is CC1(C)CC2CC1C(=O)N(CCCCN1CCN(c3ncccn3)CC1)C2=O. The summed E-state index contributed by atoms with van der Waals surface area (Å²) in [4.78, 5) is 40.3. The number of hydrogen-bond donors (Lipinski definition) is 0. The molecule has 0 N–H and O–H groups in total. The monoisotopic (exact) mass is 385 g/mol. The second-order valence-corrected chi connectivity index (χ2v) is 9.09. The highest BCUT2D eigenvalue weighted by atomic mass is 16.2. The number of imide groups is 1. The molecular formula is C21H31N5O2. The largest absolute Gasteiger partial charge is 0.338 e. The Bertz CT molecular complexity index is 715. The van der Waals surface area contributed by atoms with Crippen LogP contribution in [-0.2, 0) is 9.59 Å². The Kier molecular flexibility index (Phi) is 5.36. The van der Waals surface area contributed by atoms with E-state index in [0.29, 0.717) is 6.54 Å². The summed E-state index contributed by atoms with van der Waals surface area (Å²) in [6.45, 7) is 9.73. The molecule has 3 heterocycles. The molecule has 2 saturated heterocycles. The maximum absolute atomic E-state index is 12.8. The van der Waals surface area contributed by atoms with Gasteiger partial charge in [0.1, 0.15) is 0 Å². The first kappa shape index (κ1) is 19.3. The molecular weight excluding hydrogens is 354 g/mol. The fourth-order valence-corrected chi connectivity index (χ4v) is 5.06. The molecule has 2 atom stereocenters. The van der Waals surface area contributed by atoms with Crippen molar-refractivity contribution in [2.24, 2.45) is 17.3 Å². The van der Waals surface area contributed by atoms with Crippen LogP contribution in [0.15, 0.2) is 18.5 Å². The summed E-state index contributed by atoms with van der Waals surface area (Å²) < 4.78 is 0. The maximum atomic E-state index is 12.8. The zero-order valence-corrected chi connectivity index (χ0v) is 17.0. The van der Waals surface area contributed by atoms with E-state index in [0.717, 1.165) is 64.4 Å². The van der Waals surface area contributed by atoms with E-state index in [9.17, 15) is 9.59 Å². The average molecular weight is 386 g/mol. The standard InChI is InChI=1S/C21H31N5O2/c1-21(2)15-16-14-17(21)19(28)26(18(16)27)9-4-3-8-24-10-12-25(13-11-24)20-22-6-5-7-23-20/h5-7,16-17H,3-4,8-15H2,1-2H3. The fourth-order valence-electron chi connectivity index (χ4n) is 5.06. The third kappa shape index (κ3) is 3.77. The summed E-state index contributed by atoms with van der Waals surface area (Å²) in [5.74, 6) is 1.04. The van der Waals surface area contributed by atoms with Crippen LogP contribution in [-0.4, -0.2) is 70.9 Å². The summed E-state index contributed by atoms with van der Waals surface area (Å²) in [6, 6.07) is 1.84. The van der Waals surface area contributed by atoms with Crippen LogP contribution in [0.4, 0.5) is 5.95 Å². The molecule has 3 aliphatic rings. The van der Waals surface area contributed by atoms with Gasteiger partial charge in [-0.3, -0.25) is 19.4 Å². The number of piperazine rings is 1. The van der Waals surface area contributed by atoms with Crippen LogP contribution in [0.2, 0.25) is 0 Å². The van der Waals surface area contributed by atoms with Crippen molar-refractivity contribution >= 4 is 17.8 Å². The minimum absolute atomic E-state index is 0.0310. The van der Waals surface area contributed by atoms with E-state index in [2.05, 4.69) is 33.6 Å². The van der Waals surface area contributed by atoms with Gasteiger partial charge in [-0.15, -0.1) is 0 Å². The van der Waals surface area contributed by atoms with E-state index in [-0.39, 0.29) is 29.1 Å². The predicted octanol–water partition coefficient (Wildman–Crippen LogP) is 1.80. The number of carbonyl (C=O) groups excluding carboxylic acids is 2. The number of amides is 2. The second-order valence-electron chi connectivity index (χ2n) is 9.09. The van der Waals surface area contributed by atoms with E-state index in [1.165, 1.54) is 0 Å². The van der Waals surface area contributed by atoms with Crippen molar-refractivity contribution in [3.8, 4) is 0 Å². The number of piperidine rings is 1. The Balaban J connectivity index is 1.20. The zero-order valence-electron chi connectivity index (χ0n) is 17.0. The lowest BCUT2D eigenvalue weighted by Gasteiger charge is -2.35. The number of nitrogens with zero attached hydrogens (tertiary/aromatic N) is 5. The number of aromatic nitrogens is 2. The first-order valence-electron chi connectivity index (χ1n) is 10.6. The number of hydrogen-bond acceptors (Lipinski definition) is 6. The van der Waals surface area contributed by atoms with Crippen LogP contribution in [0.3, 0.4) is 0 Å². The summed E-state index contributed by atoms with van der Waals surface area (Å²) in [5.41, 5.74) is -0.0334. The van der Waals surface area contributed by atoms with Crippen molar-refractivity contribution in [3.05, 3.63) is 18.5 Å². The maximum Gasteiger partial charge on any atom is 0.232 e. The Morgan fingerprint density at radius 1 is 1.00 bits per heavy atom. The lowest BCUT2D eigenvalue weighted by atomic mass is 9.81. The molecule has 1 aromatic heterocycles. The van der Waals surface area contributed by atoms with Crippen LogP contribution in [0.1, 0.15) is 39.5 Å². The van der Waals surface area contributed by atoms with Crippen LogP contribution in [0.5, 0.6) is 0 Å². The van der Waals surface area contributed by atoms with Gasteiger partial charge in [0, 0.05) is 57.0 Å². The van der Waals surface area contributed by atoms with Crippen molar-refractivity contribution < 1.29 is 9.59 Å². The molecule has 3 fully saturated rings. The van der Waals surface area contributed by atoms with Crippen LogP contribution >= 0.6 is 0 Å². The number of fused-ring (bicyclic) bond motifs is 2. The van der Waals surface area contributed by atoms with Crippen molar-refractivity contribution in [2.45, 2.75) is 39.5 Å². The lowest BCUT2D eigenvalue weighted by molar-refractivity contribution is -0.153. The summed E-state index contributed by atoms with van der Waals surface area (Å²) in [7, 11) is 0. The van der Waals surface area contributed by atoms with Gasteiger partial charge in [0.2, 0.25) is 17.8 Å². The number of rotatable bonds is 6. The molecule has 4 rings (SSSR count). The molecule has 1 saturated carbocycles. The normalized spacial score (nSPS) is 27.5. The van der Waals surface area contributed by atoms with Gasteiger partial charge in [0.25, 0.3) is 0 Å². The number of carbonyl (C=O) groups is 2. The first-order chi connectivity index (χ1) is 13.5. The van der Waals surface area contributed by atoms with Gasteiger partial charge in [-0.1, -0.05) is 13.8 Å². The zero-order chi connectivity index (χ0) is 19.7. The average Bonchev–Trinajstić information content (AvgIpc) is 3.00. The molecule has 2 bridgehead atoms. The predicted molar refractivity (Wildman–Crippen MR) is 107 cm³/mol. The van der Waals surface area contributed by atoms with Crippen molar-refractivity contribution in [1.29, 1.82) is 0 Å². The molecule has 7 heteroatoms. The van der Waals surface area contributed by atoms with E-state index < -0.39 is 0 Å². The highest BCUT2D eigenvalue weighted by Gasteiger charge is 2.53. The van der Waals surface area contributed by atoms with Crippen molar-refractivity contribution in [1.82, 2.24) is 19.8 Å². The molecule has 0 spiro atoms. The summed E-state index contributed by atoms with van der Waals surface area (Å²) >= 11 is 0. The molecule has 152 valence electrons. The highest BCUT2D eigenvalue weighted by Crippen LogP contribution is 2.50. The van der Waals surface area contributed by atoms with Gasteiger partial charge in [-0.25, -0.2) is 9.97 Å². The number of likely N-dealkylation sites (tertiary alicyclic amines) is 1. The van der Waals surface area contributed by atoms with Gasteiger partial charge in [-0.05, 0) is 43.7 Å². The van der Waals surface area contributed by atoms with Gasteiger partial charge in [0.05, 0.1) is 0 Å². The molecule has 1 aliphatic carbocycles. The minimum Gasteiger partial charge on any atom is -0.338 e. The fraction of sp³-hybridized carbons (Fsp3) is 0.714. The molecule has 7 nitrogen and oxygen atoms in total. The van der Waals surface area contributed by atoms with Crippen molar-refractivity contribution in [2.75, 3.05) is 44.2 Å². The molecule has 2 amide bonds. The Morgan fingerprint density at radius 3 is 2.39 bits per heavy atom. The quantitative estimate of drug-likeness (QED) is 0.549. The summed E-state index contributed by atoms with van der Waals surface area (Å²) in [5, 5.41) is 0. The first-order valence-corrected chi connectivity index (χ1v) is 10.6. The van der Waals surface area contributed by atoms with Gasteiger partial charge >= 0.3 is 0 Å². The van der Waals surface area contributed by atoms with E-state index in [1.807, 2.05) is 6.07 Å². The molecule has 2 aliphatic heterocycles. The number of anilines is 1. The Morgan fingerprint density at radius 2 is 1.68 bits per heavy atom. The minimum atomic E-state index is -0.0334. The molecule has 0 aromatic carbocycles. The number of unbranched alkanes of at least 4 members (excludes halogenated alkanes) is 1. The molecule has 2 unspecified atom stereocenters. The van der Waals surface area contributed by atoms with Gasteiger partial charge in [-0.2, -0.15) is 0 Å². The Hall–Kier alpha value is -2.02. The van der Waals surface area contributed by atoms with Crippen LogP contribution in [0.25, 0.3) is 0 Å². The Labute approximate surface area is 167 Å². The van der Waals surface area contributed by atoms with Crippen LogP contribution < -0.4 is 4.90 Å². The van der Waals surface area contributed by atoms with E-state index in [1.54, 1.807) is 17.3 Å². The highest BCUT2D eigenvalue weighted by molar-refractivity contribution is 6.01. The van der Waals surface area contributed by atoms with E-state index in [4.69, 9.17) is 0 Å². The van der Waals surface area contributed by atoms with Gasteiger partial charge < -0.3 is 4.90 Å². The lowest BCUT2D eigenvalue weighted by Crippen LogP contribution is -2.48. The third-order valence-electron chi connectivity index (χ3n) is 6.73. The third-order valence-corrected chi connectivity index (χ3v) is 6.73. The van der Waals surface area contributed by atoms with Crippen LogP contribution in [0, 0.1) is 17.3 Å². The van der Waals surface area contributed by atoms with E-state index >= 15 is 0 Å². The molecule has 1 aromatic rings. The smallest absolute Gasteiger partial charge is 0.232 e. The summed E-state index contributed by atoms with van der Waals surface area (Å²) in [6.07, 6.45) is 7.08. The second kappa shape index (κ2) is 7.78. The molecule has 0 radical (unpaired) electrons. The molecule has 28 heavy (non-hydrogen) atoms. The van der Waals surface area contributed by atoms with Crippen molar-refractivity contribution in [3.63, 3.8) is 0 Å².